The Morgan fingerprint density at radius 1 is 1.10 bits per heavy atom. The molecule has 0 aliphatic carbocycles. The van der Waals surface area contributed by atoms with E-state index < -0.39 is 0 Å². The lowest BCUT2D eigenvalue weighted by Gasteiger charge is -2.27. The Bertz CT molecular complexity index is 447. The molecule has 1 aliphatic heterocycles. The van der Waals surface area contributed by atoms with Crippen LogP contribution in [-0.4, -0.2) is 54.3 Å². The highest BCUT2D eigenvalue weighted by Crippen LogP contribution is 2.16. The number of hydrogen-bond donors (Lipinski definition) is 2. The van der Waals surface area contributed by atoms with Gasteiger partial charge in [0.1, 0.15) is 0 Å². The second-order valence-electron chi connectivity index (χ2n) is 5.81. The summed E-state index contributed by atoms with van der Waals surface area (Å²) in [5, 5.41) is 6.37. The highest BCUT2D eigenvalue weighted by molar-refractivity contribution is 5.44. The first kappa shape index (κ1) is 15.8. The summed E-state index contributed by atoms with van der Waals surface area (Å²) in [5.74, 6) is 2.56. The van der Waals surface area contributed by atoms with Gasteiger partial charge in [0.2, 0.25) is 17.8 Å². The van der Waals surface area contributed by atoms with E-state index in [1.165, 1.54) is 0 Å². The zero-order valence-corrected chi connectivity index (χ0v) is 13.4. The van der Waals surface area contributed by atoms with E-state index >= 15 is 0 Å². The lowest BCUT2D eigenvalue weighted by molar-refractivity contribution is 0.122. The first-order chi connectivity index (χ1) is 10.1. The van der Waals surface area contributed by atoms with Gasteiger partial charge in [0.25, 0.3) is 0 Å². The fourth-order valence-electron chi connectivity index (χ4n) is 2.43. The van der Waals surface area contributed by atoms with Crippen LogP contribution in [-0.2, 0) is 4.74 Å². The molecule has 2 heterocycles. The average Bonchev–Trinajstić information content (AvgIpc) is 2.46. The molecular weight excluding hydrogens is 268 g/mol. The van der Waals surface area contributed by atoms with E-state index in [0.29, 0.717) is 43.0 Å². The van der Waals surface area contributed by atoms with Crippen molar-refractivity contribution in [3.8, 4) is 0 Å². The van der Waals surface area contributed by atoms with Crippen LogP contribution in [0.25, 0.3) is 0 Å². The van der Waals surface area contributed by atoms with Gasteiger partial charge >= 0.3 is 0 Å². The third kappa shape index (κ3) is 4.70. The summed E-state index contributed by atoms with van der Waals surface area (Å²) in [7, 11) is 1.82. The van der Waals surface area contributed by atoms with E-state index in [4.69, 9.17) is 4.74 Å². The van der Waals surface area contributed by atoms with Gasteiger partial charge in [-0.1, -0.05) is 13.8 Å². The van der Waals surface area contributed by atoms with Crippen LogP contribution in [0.5, 0.6) is 0 Å². The number of morpholine rings is 1. The van der Waals surface area contributed by atoms with Crippen molar-refractivity contribution in [3.05, 3.63) is 0 Å². The van der Waals surface area contributed by atoms with E-state index in [2.05, 4.69) is 51.3 Å². The summed E-state index contributed by atoms with van der Waals surface area (Å²) in [6.07, 6.45) is 1.08. The highest BCUT2D eigenvalue weighted by atomic mass is 16.5. The predicted octanol–water partition coefficient (Wildman–Crippen LogP) is 1.60. The number of hydrogen-bond acceptors (Lipinski definition) is 7. The quantitative estimate of drug-likeness (QED) is 0.825. The number of rotatable bonds is 6. The lowest BCUT2D eigenvalue weighted by Crippen LogP contribution is -2.37. The first-order valence-electron chi connectivity index (χ1n) is 7.61. The SMILES string of the molecule is CNc1nc(NC(C)CC(C)C)nc(N2CCOCC2)n1. The molecule has 1 aromatic heterocycles. The van der Waals surface area contributed by atoms with Gasteiger partial charge in [-0.3, -0.25) is 0 Å². The number of nitrogens with one attached hydrogen (secondary N) is 2. The maximum absolute atomic E-state index is 5.37. The second-order valence-corrected chi connectivity index (χ2v) is 5.81. The average molecular weight is 294 g/mol. The molecule has 1 aliphatic rings. The van der Waals surface area contributed by atoms with E-state index in [0.717, 1.165) is 19.5 Å². The molecule has 2 rings (SSSR count). The molecular formula is C14H26N6O. The lowest BCUT2D eigenvalue weighted by atomic mass is 10.1. The van der Waals surface area contributed by atoms with Crippen molar-refractivity contribution in [2.75, 3.05) is 48.9 Å². The predicted molar refractivity (Wildman–Crippen MR) is 84.9 cm³/mol. The first-order valence-corrected chi connectivity index (χ1v) is 7.61. The van der Waals surface area contributed by atoms with E-state index in [9.17, 15) is 0 Å². The molecule has 1 aromatic rings. The molecule has 0 radical (unpaired) electrons. The van der Waals surface area contributed by atoms with Crippen molar-refractivity contribution in [1.82, 2.24) is 15.0 Å². The van der Waals surface area contributed by atoms with Gasteiger partial charge in [0.15, 0.2) is 0 Å². The molecule has 0 saturated carbocycles. The summed E-state index contributed by atoms with van der Waals surface area (Å²) in [6.45, 7) is 9.63. The molecule has 7 nitrogen and oxygen atoms in total. The number of aromatic nitrogens is 3. The number of nitrogens with zero attached hydrogens (tertiary/aromatic N) is 4. The zero-order chi connectivity index (χ0) is 15.2. The van der Waals surface area contributed by atoms with Crippen molar-refractivity contribution in [2.24, 2.45) is 5.92 Å². The number of anilines is 3. The minimum atomic E-state index is 0.328. The van der Waals surface area contributed by atoms with Crippen LogP contribution in [0.1, 0.15) is 27.2 Å². The Morgan fingerprint density at radius 3 is 2.38 bits per heavy atom. The minimum absolute atomic E-state index is 0.328. The van der Waals surface area contributed by atoms with Crippen LogP contribution in [0.2, 0.25) is 0 Å². The molecule has 7 heteroatoms. The van der Waals surface area contributed by atoms with Crippen LogP contribution in [0.3, 0.4) is 0 Å². The molecule has 1 unspecified atom stereocenters. The van der Waals surface area contributed by atoms with Crippen molar-refractivity contribution >= 4 is 17.8 Å². The molecule has 1 saturated heterocycles. The molecule has 0 aromatic carbocycles. The van der Waals surface area contributed by atoms with Crippen molar-refractivity contribution in [1.29, 1.82) is 0 Å². The Kier molecular flexibility index (Phi) is 5.55. The van der Waals surface area contributed by atoms with E-state index in [1.54, 1.807) is 0 Å². The maximum atomic E-state index is 5.37. The van der Waals surface area contributed by atoms with Crippen LogP contribution < -0.4 is 15.5 Å². The molecule has 0 amide bonds. The Morgan fingerprint density at radius 2 is 1.76 bits per heavy atom. The van der Waals surface area contributed by atoms with Crippen molar-refractivity contribution in [3.63, 3.8) is 0 Å². The molecule has 0 spiro atoms. The summed E-state index contributed by atoms with van der Waals surface area (Å²) >= 11 is 0. The molecule has 118 valence electrons. The topological polar surface area (TPSA) is 75.2 Å². The zero-order valence-electron chi connectivity index (χ0n) is 13.4. The summed E-state index contributed by atoms with van der Waals surface area (Å²) < 4.78 is 5.37. The van der Waals surface area contributed by atoms with Gasteiger partial charge in [-0.25, -0.2) is 0 Å². The maximum Gasteiger partial charge on any atom is 0.232 e. The van der Waals surface area contributed by atoms with Gasteiger partial charge in [-0.05, 0) is 19.3 Å². The van der Waals surface area contributed by atoms with Gasteiger partial charge in [0.05, 0.1) is 13.2 Å². The summed E-state index contributed by atoms with van der Waals surface area (Å²) in [4.78, 5) is 15.5. The fraction of sp³-hybridized carbons (Fsp3) is 0.786. The number of ether oxygens (including phenoxy) is 1. The Labute approximate surface area is 126 Å². The minimum Gasteiger partial charge on any atom is -0.378 e. The van der Waals surface area contributed by atoms with Gasteiger partial charge in [-0.15, -0.1) is 0 Å². The van der Waals surface area contributed by atoms with Crippen LogP contribution in [0.4, 0.5) is 17.8 Å². The third-order valence-corrected chi connectivity index (χ3v) is 3.34. The Hall–Kier alpha value is -1.63. The molecule has 0 bridgehead atoms. The molecule has 2 N–H and O–H groups in total. The fourth-order valence-corrected chi connectivity index (χ4v) is 2.43. The smallest absolute Gasteiger partial charge is 0.232 e. The van der Waals surface area contributed by atoms with Crippen molar-refractivity contribution in [2.45, 2.75) is 33.2 Å². The molecule has 1 atom stereocenters. The van der Waals surface area contributed by atoms with Gasteiger partial charge in [-0.2, -0.15) is 15.0 Å². The van der Waals surface area contributed by atoms with Crippen LogP contribution in [0.15, 0.2) is 0 Å². The van der Waals surface area contributed by atoms with E-state index in [1.807, 2.05) is 7.05 Å². The van der Waals surface area contributed by atoms with Crippen molar-refractivity contribution < 1.29 is 4.74 Å². The van der Waals surface area contributed by atoms with Gasteiger partial charge < -0.3 is 20.3 Å². The standard InChI is InChI=1S/C14H26N6O/c1-10(2)9-11(3)16-13-17-12(15-4)18-14(19-13)20-5-7-21-8-6-20/h10-11H,5-9H2,1-4H3,(H2,15,16,17,18,19). The van der Waals surface area contributed by atoms with Crippen LogP contribution >= 0.6 is 0 Å². The van der Waals surface area contributed by atoms with Gasteiger partial charge in [0, 0.05) is 26.2 Å². The van der Waals surface area contributed by atoms with E-state index in [-0.39, 0.29) is 0 Å². The summed E-state index contributed by atoms with van der Waals surface area (Å²) in [5.41, 5.74) is 0. The molecule has 1 fully saturated rings. The monoisotopic (exact) mass is 294 g/mol. The normalized spacial score (nSPS) is 16.9. The largest absolute Gasteiger partial charge is 0.378 e. The molecule has 21 heavy (non-hydrogen) atoms. The highest BCUT2D eigenvalue weighted by Gasteiger charge is 2.17. The Balaban J connectivity index is 2.12. The third-order valence-electron chi connectivity index (χ3n) is 3.34. The van der Waals surface area contributed by atoms with Crippen LogP contribution in [0, 0.1) is 5.92 Å². The second kappa shape index (κ2) is 7.40. The summed E-state index contributed by atoms with van der Waals surface area (Å²) in [6, 6.07) is 0.328.